The maximum absolute atomic E-state index is 10.3. The highest BCUT2D eigenvalue weighted by Gasteiger charge is 2.10. The van der Waals surface area contributed by atoms with Crippen molar-refractivity contribution in [3.05, 3.63) is 0 Å². The molecule has 0 aliphatic heterocycles. The van der Waals surface area contributed by atoms with Gasteiger partial charge >= 0.3 is 11.9 Å². The van der Waals surface area contributed by atoms with Crippen molar-refractivity contribution in [2.75, 3.05) is 0 Å². The van der Waals surface area contributed by atoms with E-state index in [1.54, 1.807) is 0 Å². The Morgan fingerprint density at radius 2 is 1.50 bits per heavy atom. The molecule has 0 rings (SSSR count). The molecule has 2 unspecified atom stereocenters. The van der Waals surface area contributed by atoms with E-state index in [0.717, 1.165) is 38.5 Å². The largest absolute Gasteiger partial charge is 0.481 e. The first kappa shape index (κ1) is 23.9. The molecule has 0 radical (unpaired) electrons. The number of unbranched alkanes of at least 4 members (excludes halogenated alkanes) is 4. The summed E-state index contributed by atoms with van der Waals surface area (Å²) in [7, 11) is 0. The van der Waals surface area contributed by atoms with Crippen LogP contribution in [0.5, 0.6) is 0 Å². The van der Waals surface area contributed by atoms with E-state index in [-0.39, 0.29) is 0 Å². The van der Waals surface area contributed by atoms with Gasteiger partial charge in [-0.05, 0) is 25.7 Å². The first-order valence-corrected chi connectivity index (χ1v) is 9.19. The average Bonchev–Trinajstić information content (AvgIpc) is 2.47. The van der Waals surface area contributed by atoms with Gasteiger partial charge in [0.25, 0.3) is 0 Å². The number of carboxylic acid groups (broad SMARTS) is 2. The summed E-state index contributed by atoms with van der Waals surface area (Å²) in [5, 5.41) is 16.8. The van der Waals surface area contributed by atoms with Crippen LogP contribution in [0.2, 0.25) is 0 Å². The number of hydrogen-bond acceptors (Lipinski definition) is 4. The predicted molar refractivity (Wildman–Crippen MR) is 98.3 cm³/mol. The van der Waals surface area contributed by atoms with Crippen molar-refractivity contribution in [3.63, 3.8) is 0 Å². The molecule has 0 aliphatic rings. The lowest BCUT2D eigenvalue weighted by molar-refractivity contribution is -0.137. The average molecular weight is 353 g/mol. The van der Waals surface area contributed by atoms with Crippen molar-refractivity contribution in [2.45, 2.75) is 88.6 Å². The van der Waals surface area contributed by atoms with Gasteiger partial charge in [-0.3, -0.25) is 9.59 Å². The maximum Gasteiger partial charge on any atom is 0.316 e. The molecule has 2 atom stereocenters. The van der Waals surface area contributed by atoms with E-state index in [2.05, 4.69) is 39.1 Å². The summed E-state index contributed by atoms with van der Waals surface area (Å²) in [5.74, 6) is -1.50. The first-order valence-electron chi connectivity index (χ1n) is 8.15. The van der Waals surface area contributed by atoms with Crippen LogP contribution in [0.4, 0.5) is 0 Å². The molecule has 0 fully saturated rings. The highest BCUT2D eigenvalue weighted by Crippen LogP contribution is 2.11. The van der Waals surface area contributed by atoms with Crippen molar-refractivity contribution in [3.8, 4) is 0 Å². The second-order valence-corrected chi connectivity index (χ2v) is 6.76. The second-order valence-electron chi connectivity index (χ2n) is 5.40. The quantitative estimate of drug-likeness (QED) is 0.304. The molecule has 0 saturated heterocycles. The van der Waals surface area contributed by atoms with Gasteiger partial charge in [0, 0.05) is 11.7 Å². The van der Waals surface area contributed by atoms with Gasteiger partial charge in [-0.25, -0.2) is 0 Å². The Hall–Kier alpha value is -0.360. The van der Waals surface area contributed by atoms with Gasteiger partial charge in [-0.1, -0.05) is 46.0 Å². The molecule has 2 N–H and O–H groups in total. The van der Waals surface area contributed by atoms with Gasteiger partial charge in [-0.2, -0.15) is 25.3 Å². The molecule has 4 nitrogen and oxygen atoms in total. The molecule has 0 saturated carbocycles. The van der Waals surface area contributed by atoms with Gasteiger partial charge in [0.05, 0.1) is 5.25 Å². The van der Waals surface area contributed by atoms with Crippen molar-refractivity contribution < 1.29 is 19.8 Å². The Kier molecular flexibility index (Phi) is 18.5. The van der Waals surface area contributed by atoms with Crippen LogP contribution >= 0.6 is 25.3 Å². The molecule has 0 aliphatic carbocycles. The van der Waals surface area contributed by atoms with Crippen molar-refractivity contribution in [1.29, 1.82) is 0 Å². The zero-order valence-corrected chi connectivity index (χ0v) is 15.6. The Morgan fingerprint density at radius 3 is 1.95 bits per heavy atom. The number of rotatable bonds is 12. The molecule has 132 valence electrons. The van der Waals surface area contributed by atoms with Gasteiger partial charge < -0.3 is 10.2 Å². The van der Waals surface area contributed by atoms with Gasteiger partial charge in [-0.15, -0.1) is 0 Å². The molecule has 0 aromatic heterocycles. The van der Waals surface area contributed by atoms with E-state index in [1.165, 1.54) is 12.8 Å². The fourth-order valence-electron chi connectivity index (χ4n) is 1.75. The number of aliphatic carboxylic acids is 2. The molecular formula is C16H32O4S2. The van der Waals surface area contributed by atoms with E-state index in [9.17, 15) is 9.59 Å². The Labute approximate surface area is 145 Å². The van der Waals surface area contributed by atoms with Gasteiger partial charge in [0.15, 0.2) is 0 Å². The lowest BCUT2D eigenvalue weighted by atomic mass is 10.1. The molecule has 0 heterocycles. The molecule has 0 amide bonds. The lowest BCUT2D eigenvalue weighted by Gasteiger charge is -2.05. The Bertz CT molecular complexity index is 285. The lowest BCUT2D eigenvalue weighted by Crippen LogP contribution is -2.12. The molecular weight excluding hydrogens is 320 g/mol. The molecule has 0 aromatic rings. The number of carboxylic acids is 2. The topological polar surface area (TPSA) is 74.6 Å². The minimum absolute atomic E-state index is 0.296. The summed E-state index contributed by atoms with van der Waals surface area (Å²) in [6.07, 6.45) is 9.34. The normalized spacial score (nSPS) is 12.9. The standard InChI is InChI=1S/2C8H16O2S/c1-2-7(11)5-3-4-6-8(9)10;1-2-3-4-5-6-7(11)8(9)10/h2*7,11H,2-6H2,1H3,(H,9,10). The van der Waals surface area contributed by atoms with Crippen LogP contribution in [0.3, 0.4) is 0 Å². The van der Waals surface area contributed by atoms with Crippen molar-refractivity contribution in [2.24, 2.45) is 0 Å². The van der Waals surface area contributed by atoms with Crippen LogP contribution in [0.1, 0.15) is 78.1 Å². The van der Waals surface area contributed by atoms with Gasteiger partial charge in [0.2, 0.25) is 0 Å². The summed E-state index contributed by atoms with van der Waals surface area (Å²) in [5.41, 5.74) is 0. The fourth-order valence-corrected chi connectivity index (χ4v) is 2.11. The summed E-state index contributed by atoms with van der Waals surface area (Å²) in [4.78, 5) is 20.4. The van der Waals surface area contributed by atoms with Crippen LogP contribution < -0.4 is 0 Å². The zero-order chi connectivity index (χ0) is 17.4. The van der Waals surface area contributed by atoms with Crippen LogP contribution in [0.25, 0.3) is 0 Å². The summed E-state index contributed by atoms with van der Waals surface area (Å²) in [6, 6.07) is 0. The van der Waals surface area contributed by atoms with E-state index in [1.807, 2.05) is 0 Å². The summed E-state index contributed by atoms with van der Waals surface area (Å²) in [6.45, 7) is 4.23. The number of hydrogen-bond donors (Lipinski definition) is 4. The molecule has 0 aromatic carbocycles. The fraction of sp³-hybridized carbons (Fsp3) is 0.875. The van der Waals surface area contributed by atoms with Crippen molar-refractivity contribution in [1.82, 2.24) is 0 Å². The van der Waals surface area contributed by atoms with Crippen LogP contribution in [0, 0.1) is 0 Å². The van der Waals surface area contributed by atoms with E-state index in [4.69, 9.17) is 10.2 Å². The van der Waals surface area contributed by atoms with Crippen LogP contribution in [0.15, 0.2) is 0 Å². The van der Waals surface area contributed by atoms with E-state index < -0.39 is 17.2 Å². The third-order valence-electron chi connectivity index (χ3n) is 3.27. The Morgan fingerprint density at radius 1 is 0.909 bits per heavy atom. The second kappa shape index (κ2) is 17.0. The van der Waals surface area contributed by atoms with E-state index in [0.29, 0.717) is 18.1 Å². The molecule has 0 spiro atoms. The monoisotopic (exact) mass is 352 g/mol. The third-order valence-corrected chi connectivity index (χ3v) is 4.37. The third kappa shape index (κ3) is 19.6. The Balaban J connectivity index is 0. The molecule has 0 bridgehead atoms. The summed E-state index contributed by atoms with van der Waals surface area (Å²) >= 11 is 8.23. The zero-order valence-electron chi connectivity index (χ0n) is 13.8. The molecule has 6 heteroatoms. The smallest absolute Gasteiger partial charge is 0.316 e. The number of thiol groups is 2. The van der Waals surface area contributed by atoms with Crippen molar-refractivity contribution >= 4 is 37.2 Å². The molecule has 22 heavy (non-hydrogen) atoms. The number of carbonyl (C=O) groups is 2. The minimum atomic E-state index is -0.801. The highest BCUT2D eigenvalue weighted by molar-refractivity contribution is 7.81. The SMILES string of the molecule is CCC(S)CCCCC(=O)O.CCCCCCC(S)C(=O)O. The highest BCUT2D eigenvalue weighted by atomic mass is 32.1. The van der Waals surface area contributed by atoms with E-state index >= 15 is 0 Å². The predicted octanol–water partition coefficient (Wildman–Crippen LogP) is 4.68. The van der Waals surface area contributed by atoms with Crippen LogP contribution in [-0.4, -0.2) is 32.7 Å². The van der Waals surface area contributed by atoms with Crippen LogP contribution in [-0.2, 0) is 9.59 Å². The minimum Gasteiger partial charge on any atom is -0.481 e. The maximum atomic E-state index is 10.3. The van der Waals surface area contributed by atoms with Gasteiger partial charge in [0.1, 0.15) is 0 Å². The first-order chi connectivity index (χ1) is 10.3. The summed E-state index contributed by atoms with van der Waals surface area (Å²) < 4.78 is 0.